The number of benzene rings is 2. The molecule has 2 aromatic carbocycles. The van der Waals surface area contributed by atoms with Crippen LogP contribution in [0.25, 0.3) is 0 Å². The predicted octanol–water partition coefficient (Wildman–Crippen LogP) is 5.30. The number of rotatable bonds is 6. The first-order valence-corrected chi connectivity index (χ1v) is 8.52. The molecule has 0 radical (unpaired) electrons. The maximum atomic E-state index is 12.4. The Kier molecular flexibility index (Phi) is 6.77. The minimum absolute atomic E-state index is 0.207. The van der Waals surface area contributed by atoms with Gasteiger partial charge in [0, 0.05) is 25.3 Å². The average molecular weight is 358 g/mol. The van der Waals surface area contributed by atoms with Crippen molar-refractivity contribution in [3.63, 3.8) is 0 Å². The van der Waals surface area contributed by atoms with Crippen molar-refractivity contribution in [1.29, 1.82) is 0 Å². The lowest BCUT2D eigenvalue weighted by Crippen LogP contribution is -2.17. The molecule has 0 spiro atoms. The first kappa shape index (κ1) is 19.9. The van der Waals surface area contributed by atoms with E-state index in [1.807, 2.05) is 52.0 Å². The number of methoxy groups -OCH3 is 2. The van der Waals surface area contributed by atoms with Gasteiger partial charge in [-0.1, -0.05) is 23.3 Å². The second-order valence-corrected chi connectivity index (χ2v) is 6.29. The normalized spacial score (nSPS) is 13.2. The topological polar surface area (TPSA) is 54.0 Å². The molecule has 0 N–H and O–H groups in total. The second kappa shape index (κ2) is 8.83. The van der Waals surface area contributed by atoms with E-state index in [9.17, 15) is 4.79 Å². The molecule has 0 bridgehead atoms. The lowest BCUT2D eigenvalue weighted by Gasteiger charge is -2.17. The van der Waals surface area contributed by atoms with Crippen LogP contribution < -0.4 is 9.47 Å². The van der Waals surface area contributed by atoms with Gasteiger partial charge >= 0.3 is 6.16 Å². The van der Waals surface area contributed by atoms with Crippen molar-refractivity contribution in [2.24, 2.45) is 0 Å². The molecule has 0 aliphatic heterocycles. The highest BCUT2D eigenvalue weighted by Gasteiger charge is 2.19. The van der Waals surface area contributed by atoms with Crippen LogP contribution in [0.4, 0.5) is 4.79 Å². The van der Waals surface area contributed by atoms with Gasteiger partial charge in [0.25, 0.3) is 0 Å². The molecule has 0 amide bonds. The molecule has 0 saturated heterocycles. The van der Waals surface area contributed by atoms with Gasteiger partial charge in [0.2, 0.25) is 0 Å². The number of ether oxygens (including phenoxy) is 4. The Labute approximate surface area is 154 Å². The summed E-state index contributed by atoms with van der Waals surface area (Å²) in [6, 6.07) is 11.1. The Balaban J connectivity index is 2.23. The maximum Gasteiger partial charge on any atom is 0.519 e. The van der Waals surface area contributed by atoms with Crippen LogP contribution in [0.5, 0.6) is 11.5 Å². The monoisotopic (exact) mass is 358 g/mol. The number of carbonyl (C=O) groups excluding carboxylic acids is 1. The smallest absolute Gasteiger partial charge is 0.394 e. The highest BCUT2D eigenvalue weighted by atomic mass is 16.7. The van der Waals surface area contributed by atoms with Gasteiger partial charge < -0.3 is 18.9 Å². The van der Waals surface area contributed by atoms with Crippen molar-refractivity contribution >= 4 is 6.16 Å². The Morgan fingerprint density at radius 1 is 0.769 bits per heavy atom. The zero-order valence-electron chi connectivity index (χ0n) is 16.2. The first-order valence-electron chi connectivity index (χ1n) is 8.52. The third-order valence-electron chi connectivity index (χ3n) is 4.30. The summed E-state index contributed by atoms with van der Waals surface area (Å²) in [4.78, 5) is 12.4. The minimum atomic E-state index is -0.799. The second-order valence-electron chi connectivity index (χ2n) is 6.29. The Bertz CT molecular complexity index is 705. The molecule has 2 unspecified atom stereocenters. The van der Waals surface area contributed by atoms with E-state index in [0.717, 1.165) is 22.3 Å². The third-order valence-corrected chi connectivity index (χ3v) is 4.30. The fourth-order valence-electron chi connectivity index (χ4n) is 2.61. The fourth-order valence-corrected chi connectivity index (χ4v) is 2.61. The van der Waals surface area contributed by atoms with Gasteiger partial charge in [0.05, 0.1) is 12.2 Å². The Morgan fingerprint density at radius 2 is 1.15 bits per heavy atom. The van der Waals surface area contributed by atoms with Crippen LogP contribution in [-0.2, 0) is 9.47 Å². The van der Waals surface area contributed by atoms with Crippen LogP contribution in [0.1, 0.15) is 48.3 Å². The van der Waals surface area contributed by atoms with Gasteiger partial charge in [-0.15, -0.1) is 0 Å². The summed E-state index contributed by atoms with van der Waals surface area (Å²) in [5.41, 5.74) is 3.69. The first-order chi connectivity index (χ1) is 12.3. The van der Waals surface area contributed by atoms with Crippen molar-refractivity contribution in [3.8, 4) is 11.5 Å². The molecule has 2 atom stereocenters. The molecular weight excluding hydrogens is 332 g/mol. The van der Waals surface area contributed by atoms with Gasteiger partial charge in [0.15, 0.2) is 0 Å². The van der Waals surface area contributed by atoms with E-state index in [1.54, 1.807) is 26.4 Å². The molecule has 0 saturated carbocycles. The summed E-state index contributed by atoms with van der Waals surface area (Å²) in [6.45, 7) is 7.73. The highest BCUT2D eigenvalue weighted by Crippen LogP contribution is 2.31. The van der Waals surface area contributed by atoms with Crippen molar-refractivity contribution < 1.29 is 23.7 Å². The predicted molar refractivity (Wildman–Crippen MR) is 99.9 cm³/mol. The average Bonchev–Trinajstić information content (AvgIpc) is 2.63. The van der Waals surface area contributed by atoms with Crippen LogP contribution in [-0.4, -0.2) is 20.4 Å². The van der Waals surface area contributed by atoms with E-state index in [2.05, 4.69) is 0 Å². The molecule has 5 nitrogen and oxygen atoms in total. The van der Waals surface area contributed by atoms with Gasteiger partial charge in [-0.3, -0.25) is 0 Å². The van der Waals surface area contributed by atoms with E-state index in [-0.39, 0.29) is 12.2 Å². The van der Waals surface area contributed by atoms with Gasteiger partial charge in [-0.25, -0.2) is 4.79 Å². The zero-order valence-corrected chi connectivity index (χ0v) is 16.2. The van der Waals surface area contributed by atoms with E-state index in [1.165, 1.54) is 0 Å². The van der Waals surface area contributed by atoms with Crippen molar-refractivity contribution in [2.45, 2.75) is 39.9 Å². The molecule has 0 heterocycles. The SMILES string of the molecule is COC(C)c1cc(C)ccc1OC(=O)Oc1ccc(C)cc1C(C)OC. The van der Waals surface area contributed by atoms with E-state index in [0.29, 0.717) is 11.5 Å². The number of aryl methyl sites for hydroxylation is 2. The summed E-state index contributed by atoms with van der Waals surface area (Å²) in [5, 5.41) is 0. The Hall–Kier alpha value is -2.37. The molecule has 5 heteroatoms. The van der Waals surface area contributed by atoms with E-state index >= 15 is 0 Å². The van der Waals surface area contributed by atoms with Gasteiger partial charge in [-0.05, 0) is 52.0 Å². The molecule has 2 rings (SSSR count). The van der Waals surface area contributed by atoms with Crippen molar-refractivity contribution in [1.82, 2.24) is 0 Å². The summed E-state index contributed by atoms with van der Waals surface area (Å²) >= 11 is 0. The van der Waals surface area contributed by atoms with Crippen molar-refractivity contribution in [3.05, 3.63) is 58.7 Å². The quantitative estimate of drug-likeness (QED) is 0.518. The van der Waals surface area contributed by atoms with Crippen LogP contribution >= 0.6 is 0 Å². The molecule has 2 aromatic rings. The molecule has 0 aliphatic rings. The zero-order chi connectivity index (χ0) is 19.3. The standard InChI is InChI=1S/C21H26O5/c1-13-7-9-19(17(11-13)15(3)23-5)25-21(22)26-20-10-8-14(2)12-18(20)16(4)24-6/h7-12,15-16H,1-6H3. The maximum absolute atomic E-state index is 12.4. The number of carbonyl (C=O) groups is 1. The lowest BCUT2D eigenvalue weighted by molar-refractivity contribution is 0.110. The van der Waals surface area contributed by atoms with Gasteiger partial charge in [0.1, 0.15) is 11.5 Å². The highest BCUT2D eigenvalue weighted by molar-refractivity contribution is 5.68. The third kappa shape index (κ3) is 4.84. The molecule has 140 valence electrons. The summed E-state index contributed by atoms with van der Waals surface area (Å²) in [7, 11) is 3.22. The Morgan fingerprint density at radius 3 is 1.50 bits per heavy atom. The van der Waals surface area contributed by atoms with E-state index in [4.69, 9.17) is 18.9 Å². The van der Waals surface area contributed by atoms with Gasteiger partial charge in [-0.2, -0.15) is 0 Å². The van der Waals surface area contributed by atoms with Crippen LogP contribution in [0, 0.1) is 13.8 Å². The number of hydrogen-bond donors (Lipinski definition) is 0. The molecule has 0 aliphatic carbocycles. The van der Waals surface area contributed by atoms with Crippen LogP contribution in [0.3, 0.4) is 0 Å². The lowest BCUT2D eigenvalue weighted by atomic mass is 10.1. The van der Waals surface area contributed by atoms with Crippen LogP contribution in [0.2, 0.25) is 0 Å². The largest absolute Gasteiger partial charge is 0.519 e. The molecular formula is C21H26O5. The molecule has 26 heavy (non-hydrogen) atoms. The molecule has 0 fully saturated rings. The summed E-state index contributed by atoms with van der Waals surface area (Å²) in [5.74, 6) is 0.840. The van der Waals surface area contributed by atoms with Crippen LogP contribution in [0.15, 0.2) is 36.4 Å². The summed E-state index contributed by atoms with van der Waals surface area (Å²) in [6.07, 6.45) is -1.21. The van der Waals surface area contributed by atoms with Crippen molar-refractivity contribution in [2.75, 3.05) is 14.2 Å². The summed E-state index contributed by atoms with van der Waals surface area (Å²) < 4.78 is 21.6. The minimum Gasteiger partial charge on any atom is -0.394 e. The fraction of sp³-hybridized carbons (Fsp3) is 0.381. The molecule has 0 aromatic heterocycles. The number of hydrogen-bond acceptors (Lipinski definition) is 5. The van der Waals surface area contributed by atoms with E-state index < -0.39 is 6.16 Å².